The van der Waals surface area contributed by atoms with E-state index in [9.17, 15) is 0 Å². The quantitative estimate of drug-likeness (QED) is 0.839. The van der Waals surface area contributed by atoms with E-state index in [0.29, 0.717) is 29.7 Å². The first-order valence-corrected chi connectivity index (χ1v) is 8.75. The minimum Gasteiger partial charge on any atom is -0.378 e. The predicted molar refractivity (Wildman–Crippen MR) is 80.9 cm³/mol. The summed E-state index contributed by atoms with van der Waals surface area (Å²) in [5.41, 5.74) is 0.432. The topological polar surface area (TPSA) is 30.5 Å². The molecular weight excluding hydrogens is 250 g/mol. The number of hydrogen-bond acceptors (Lipinski definition) is 3. The summed E-state index contributed by atoms with van der Waals surface area (Å²) in [5.74, 6) is 0. The average Bonchev–Trinajstić information content (AvgIpc) is 3.01. The maximum atomic E-state index is 6.04. The first-order valence-electron chi connectivity index (χ1n) is 8.75. The van der Waals surface area contributed by atoms with Crippen molar-refractivity contribution >= 4 is 0 Å². The van der Waals surface area contributed by atoms with Crippen LogP contribution in [0.2, 0.25) is 0 Å². The summed E-state index contributed by atoms with van der Waals surface area (Å²) in [4.78, 5) is 0. The Labute approximate surface area is 123 Å². The standard InChI is InChI=1S/C17H31NO2/c1-3-19-16-12-15(17(16)9-5-4-6-10-17)18-13(2)14-8-7-11-20-14/h13-16,18H,3-12H2,1-2H3. The Morgan fingerprint density at radius 1 is 1.25 bits per heavy atom. The molecule has 3 rings (SSSR count). The molecule has 4 unspecified atom stereocenters. The summed E-state index contributed by atoms with van der Waals surface area (Å²) in [6.07, 6.45) is 11.5. The van der Waals surface area contributed by atoms with Crippen molar-refractivity contribution in [3.05, 3.63) is 0 Å². The zero-order valence-electron chi connectivity index (χ0n) is 13.2. The monoisotopic (exact) mass is 281 g/mol. The first-order chi connectivity index (χ1) is 9.76. The summed E-state index contributed by atoms with van der Waals surface area (Å²) in [6, 6.07) is 1.14. The summed E-state index contributed by atoms with van der Waals surface area (Å²) in [5, 5.41) is 3.90. The number of nitrogens with one attached hydrogen (secondary N) is 1. The zero-order valence-corrected chi connectivity index (χ0v) is 13.2. The van der Waals surface area contributed by atoms with Gasteiger partial charge in [0.05, 0.1) is 12.2 Å². The van der Waals surface area contributed by atoms with Crippen LogP contribution in [0.3, 0.4) is 0 Å². The van der Waals surface area contributed by atoms with Crippen LogP contribution in [0, 0.1) is 5.41 Å². The predicted octanol–water partition coefficient (Wildman–Crippen LogP) is 3.27. The largest absolute Gasteiger partial charge is 0.378 e. The molecular formula is C17H31NO2. The van der Waals surface area contributed by atoms with Gasteiger partial charge in [0.1, 0.15) is 0 Å². The lowest BCUT2D eigenvalue weighted by atomic mass is 9.55. The molecule has 3 heteroatoms. The van der Waals surface area contributed by atoms with Gasteiger partial charge in [-0.2, -0.15) is 0 Å². The van der Waals surface area contributed by atoms with Crippen molar-refractivity contribution in [1.82, 2.24) is 5.32 Å². The molecule has 2 aliphatic carbocycles. The second-order valence-electron chi connectivity index (χ2n) is 7.03. The molecule has 0 aromatic carbocycles. The summed E-state index contributed by atoms with van der Waals surface area (Å²) in [6.45, 7) is 6.25. The molecule has 1 heterocycles. The lowest BCUT2D eigenvalue weighted by Crippen LogP contribution is -2.66. The van der Waals surface area contributed by atoms with Crippen molar-refractivity contribution in [2.24, 2.45) is 5.41 Å². The van der Waals surface area contributed by atoms with E-state index in [1.165, 1.54) is 51.4 Å². The number of hydrogen-bond donors (Lipinski definition) is 1. The molecule has 3 fully saturated rings. The van der Waals surface area contributed by atoms with Crippen LogP contribution in [0.4, 0.5) is 0 Å². The molecule has 20 heavy (non-hydrogen) atoms. The normalized spacial score (nSPS) is 37.8. The lowest BCUT2D eigenvalue weighted by Gasteiger charge is -2.58. The molecule has 4 atom stereocenters. The van der Waals surface area contributed by atoms with Gasteiger partial charge >= 0.3 is 0 Å². The van der Waals surface area contributed by atoms with Crippen molar-refractivity contribution in [3.63, 3.8) is 0 Å². The van der Waals surface area contributed by atoms with E-state index in [0.717, 1.165) is 13.2 Å². The Morgan fingerprint density at radius 3 is 2.70 bits per heavy atom. The van der Waals surface area contributed by atoms with Gasteiger partial charge in [-0.25, -0.2) is 0 Å². The summed E-state index contributed by atoms with van der Waals surface area (Å²) >= 11 is 0. The maximum Gasteiger partial charge on any atom is 0.0726 e. The minimum absolute atomic E-state index is 0.432. The van der Waals surface area contributed by atoms with Gasteiger partial charge < -0.3 is 14.8 Å². The summed E-state index contributed by atoms with van der Waals surface area (Å²) < 4.78 is 11.9. The van der Waals surface area contributed by atoms with Gasteiger partial charge in [-0.15, -0.1) is 0 Å². The SMILES string of the molecule is CCOC1CC(NC(C)C2CCCO2)C12CCCCC2. The molecule has 0 aromatic heterocycles. The molecule has 1 N–H and O–H groups in total. The van der Waals surface area contributed by atoms with E-state index >= 15 is 0 Å². The van der Waals surface area contributed by atoms with Gasteiger partial charge in [0.2, 0.25) is 0 Å². The first kappa shape index (κ1) is 14.8. The molecule has 1 spiro atoms. The Kier molecular flexibility index (Phi) is 4.68. The molecule has 1 saturated heterocycles. The van der Waals surface area contributed by atoms with E-state index in [-0.39, 0.29) is 0 Å². The third-order valence-corrected chi connectivity index (χ3v) is 5.92. The third-order valence-electron chi connectivity index (χ3n) is 5.92. The van der Waals surface area contributed by atoms with Crippen LogP contribution in [0.5, 0.6) is 0 Å². The second kappa shape index (κ2) is 6.33. The van der Waals surface area contributed by atoms with Crippen LogP contribution in [-0.2, 0) is 9.47 Å². The Hall–Kier alpha value is -0.120. The van der Waals surface area contributed by atoms with Gasteiger partial charge in [0.25, 0.3) is 0 Å². The lowest BCUT2D eigenvalue weighted by molar-refractivity contribution is -0.154. The van der Waals surface area contributed by atoms with Crippen LogP contribution in [-0.4, -0.2) is 37.5 Å². The van der Waals surface area contributed by atoms with Gasteiger partial charge in [0.15, 0.2) is 0 Å². The molecule has 3 nitrogen and oxygen atoms in total. The zero-order chi connectivity index (χ0) is 14.0. The van der Waals surface area contributed by atoms with Gasteiger partial charge in [-0.1, -0.05) is 19.3 Å². The molecule has 2 saturated carbocycles. The molecule has 0 aromatic rings. The van der Waals surface area contributed by atoms with Crippen LogP contribution in [0.15, 0.2) is 0 Å². The van der Waals surface area contributed by atoms with Crippen LogP contribution in [0.1, 0.15) is 65.2 Å². The Balaban J connectivity index is 1.60. The van der Waals surface area contributed by atoms with E-state index < -0.39 is 0 Å². The molecule has 0 radical (unpaired) electrons. The van der Waals surface area contributed by atoms with Crippen LogP contribution >= 0.6 is 0 Å². The molecule has 3 aliphatic rings. The van der Waals surface area contributed by atoms with E-state index in [1.54, 1.807) is 0 Å². The smallest absolute Gasteiger partial charge is 0.0726 e. The van der Waals surface area contributed by atoms with E-state index in [4.69, 9.17) is 9.47 Å². The molecule has 1 aliphatic heterocycles. The van der Waals surface area contributed by atoms with Crippen LogP contribution < -0.4 is 5.32 Å². The summed E-state index contributed by atoms with van der Waals surface area (Å²) in [7, 11) is 0. The molecule has 0 amide bonds. The van der Waals surface area contributed by atoms with Crippen LogP contribution in [0.25, 0.3) is 0 Å². The maximum absolute atomic E-state index is 6.04. The van der Waals surface area contributed by atoms with Crippen molar-refractivity contribution in [2.45, 2.75) is 89.5 Å². The van der Waals surface area contributed by atoms with Crippen molar-refractivity contribution < 1.29 is 9.47 Å². The van der Waals surface area contributed by atoms with E-state index in [2.05, 4.69) is 19.2 Å². The highest BCUT2D eigenvalue weighted by Crippen LogP contribution is 2.53. The van der Waals surface area contributed by atoms with Gasteiger partial charge in [-0.3, -0.25) is 0 Å². The van der Waals surface area contributed by atoms with Crippen molar-refractivity contribution in [2.75, 3.05) is 13.2 Å². The molecule has 116 valence electrons. The highest BCUT2D eigenvalue weighted by molar-refractivity contribution is 5.09. The molecule has 0 bridgehead atoms. The fourth-order valence-corrected chi connectivity index (χ4v) is 4.72. The average molecular weight is 281 g/mol. The van der Waals surface area contributed by atoms with E-state index in [1.807, 2.05) is 0 Å². The van der Waals surface area contributed by atoms with Crippen molar-refractivity contribution in [1.29, 1.82) is 0 Å². The fourth-order valence-electron chi connectivity index (χ4n) is 4.72. The van der Waals surface area contributed by atoms with Gasteiger partial charge in [0, 0.05) is 30.7 Å². The third kappa shape index (κ3) is 2.65. The van der Waals surface area contributed by atoms with Gasteiger partial charge in [-0.05, 0) is 46.0 Å². The number of ether oxygens (including phenoxy) is 2. The fraction of sp³-hybridized carbons (Fsp3) is 1.00. The number of rotatable bonds is 5. The minimum atomic E-state index is 0.432. The second-order valence-corrected chi connectivity index (χ2v) is 7.03. The van der Waals surface area contributed by atoms with Crippen molar-refractivity contribution in [3.8, 4) is 0 Å². The Bertz CT molecular complexity index is 308. The highest BCUT2D eigenvalue weighted by Gasteiger charge is 2.55. The Morgan fingerprint density at radius 2 is 2.05 bits per heavy atom. The highest BCUT2D eigenvalue weighted by atomic mass is 16.5.